The van der Waals surface area contributed by atoms with Gasteiger partial charge in [-0.3, -0.25) is 0 Å². The summed E-state index contributed by atoms with van der Waals surface area (Å²) < 4.78 is 0. The third-order valence-corrected chi connectivity index (χ3v) is 1.70. The maximum atomic E-state index is 3.27. The Labute approximate surface area is 75.0 Å². The molecule has 1 aliphatic carbocycles. The average Bonchev–Trinajstić information content (AvgIpc) is 2.05. The van der Waals surface area contributed by atoms with Gasteiger partial charge in [-0.25, -0.2) is 0 Å². The second kappa shape index (κ2) is 6.66. The van der Waals surface area contributed by atoms with Crippen molar-refractivity contribution < 1.29 is 0 Å². The summed E-state index contributed by atoms with van der Waals surface area (Å²) in [7, 11) is 0. The number of hydrogen-bond donors (Lipinski definition) is 0. The van der Waals surface area contributed by atoms with E-state index in [1.807, 2.05) is 0 Å². The largest absolute Gasteiger partial charge is 0.0845 e. The standard InChI is InChI=1S/C12H15/c1-2-4-6-8-10-12-11-9-7-5-3-1/h1-6,9H,7-8,10,12H2. The Bertz CT molecular complexity index is 204. The van der Waals surface area contributed by atoms with Crippen LogP contribution in [-0.2, 0) is 0 Å². The van der Waals surface area contributed by atoms with Gasteiger partial charge < -0.3 is 0 Å². The summed E-state index contributed by atoms with van der Waals surface area (Å²) in [5.41, 5.74) is 0. The van der Waals surface area contributed by atoms with Gasteiger partial charge in [0.25, 0.3) is 0 Å². The summed E-state index contributed by atoms with van der Waals surface area (Å²) in [4.78, 5) is 0. The maximum Gasteiger partial charge on any atom is -0.0160 e. The third-order valence-electron chi connectivity index (χ3n) is 1.70. The molecule has 12 heavy (non-hydrogen) atoms. The minimum Gasteiger partial charge on any atom is -0.0845 e. The Morgan fingerprint density at radius 2 is 1.75 bits per heavy atom. The van der Waals surface area contributed by atoms with Gasteiger partial charge in [-0.15, -0.1) is 0 Å². The van der Waals surface area contributed by atoms with Crippen LogP contribution in [-0.4, -0.2) is 0 Å². The van der Waals surface area contributed by atoms with E-state index in [2.05, 4.69) is 48.6 Å². The van der Waals surface area contributed by atoms with Gasteiger partial charge in [0.05, 0.1) is 0 Å². The lowest BCUT2D eigenvalue weighted by atomic mass is 10.2. The van der Waals surface area contributed by atoms with E-state index < -0.39 is 0 Å². The van der Waals surface area contributed by atoms with Crippen molar-refractivity contribution in [1.29, 1.82) is 0 Å². The zero-order valence-electron chi connectivity index (χ0n) is 7.37. The molecule has 0 aromatic carbocycles. The zero-order valence-corrected chi connectivity index (χ0v) is 7.37. The minimum absolute atomic E-state index is 1.01. The van der Waals surface area contributed by atoms with Crippen molar-refractivity contribution in [3.63, 3.8) is 0 Å². The molecular formula is C12H15. The second-order valence-corrected chi connectivity index (χ2v) is 2.78. The van der Waals surface area contributed by atoms with E-state index in [-0.39, 0.29) is 0 Å². The van der Waals surface area contributed by atoms with Crippen LogP contribution < -0.4 is 0 Å². The first-order chi connectivity index (χ1) is 6.00. The molecule has 0 atom stereocenters. The smallest absolute Gasteiger partial charge is 0.0160 e. The van der Waals surface area contributed by atoms with Crippen molar-refractivity contribution in [3.8, 4) is 0 Å². The molecule has 63 valence electrons. The Morgan fingerprint density at radius 3 is 2.67 bits per heavy atom. The van der Waals surface area contributed by atoms with E-state index >= 15 is 0 Å². The van der Waals surface area contributed by atoms with Crippen molar-refractivity contribution in [2.24, 2.45) is 0 Å². The fraction of sp³-hybridized carbons (Fsp3) is 0.333. The van der Waals surface area contributed by atoms with Gasteiger partial charge in [-0.05, 0) is 31.8 Å². The van der Waals surface area contributed by atoms with Crippen molar-refractivity contribution in [2.75, 3.05) is 0 Å². The molecular weight excluding hydrogens is 144 g/mol. The minimum atomic E-state index is 1.01. The predicted molar refractivity (Wildman–Crippen MR) is 53.7 cm³/mol. The molecule has 1 rings (SSSR count). The highest BCUT2D eigenvalue weighted by molar-refractivity contribution is 5.11. The van der Waals surface area contributed by atoms with Crippen molar-refractivity contribution in [3.05, 3.63) is 48.6 Å². The average molecular weight is 159 g/mol. The highest BCUT2D eigenvalue weighted by Gasteiger charge is 1.80. The lowest BCUT2D eigenvalue weighted by Crippen LogP contribution is -1.70. The first-order valence-electron chi connectivity index (χ1n) is 4.53. The van der Waals surface area contributed by atoms with Gasteiger partial charge in [0.1, 0.15) is 0 Å². The van der Waals surface area contributed by atoms with E-state index in [4.69, 9.17) is 0 Å². The first kappa shape index (κ1) is 9.05. The van der Waals surface area contributed by atoms with Gasteiger partial charge in [-0.2, -0.15) is 0 Å². The van der Waals surface area contributed by atoms with E-state index in [1.165, 1.54) is 6.42 Å². The van der Waals surface area contributed by atoms with Crippen LogP contribution >= 0.6 is 0 Å². The normalized spacial score (nSPS) is 18.7. The summed E-state index contributed by atoms with van der Waals surface area (Å²) in [5.74, 6) is 0. The molecule has 0 aromatic rings. The fourth-order valence-corrected chi connectivity index (χ4v) is 1.04. The summed E-state index contributed by atoms with van der Waals surface area (Å²) in [5, 5.41) is 0. The Balaban J connectivity index is 2.42. The molecule has 0 spiro atoms. The van der Waals surface area contributed by atoms with Gasteiger partial charge in [0.2, 0.25) is 0 Å². The van der Waals surface area contributed by atoms with Crippen LogP contribution in [0.2, 0.25) is 0 Å². The van der Waals surface area contributed by atoms with Crippen LogP contribution in [0.15, 0.2) is 42.5 Å². The van der Waals surface area contributed by atoms with Crippen LogP contribution in [0.4, 0.5) is 0 Å². The molecule has 0 aliphatic heterocycles. The first-order valence-corrected chi connectivity index (χ1v) is 4.53. The maximum absolute atomic E-state index is 3.27. The molecule has 0 heterocycles. The topological polar surface area (TPSA) is 0 Å². The predicted octanol–water partition coefficient (Wildman–Crippen LogP) is 3.59. The van der Waals surface area contributed by atoms with Crippen LogP contribution in [0.3, 0.4) is 0 Å². The van der Waals surface area contributed by atoms with Crippen molar-refractivity contribution in [2.45, 2.75) is 25.7 Å². The fourth-order valence-electron chi connectivity index (χ4n) is 1.04. The van der Waals surface area contributed by atoms with E-state index in [0.717, 1.165) is 19.3 Å². The highest BCUT2D eigenvalue weighted by Crippen LogP contribution is 1.99. The van der Waals surface area contributed by atoms with E-state index in [0.29, 0.717) is 0 Å². The lowest BCUT2D eigenvalue weighted by molar-refractivity contribution is 0.852. The molecule has 0 unspecified atom stereocenters. The number of allylic oxidation sites excluding steroid dienone is 8. The van der Waals surface area contributed by atoms with E-state index in [9.17, 15) is 0 Å². The van der Waals surface area contributed by atoms with Gasteiger partial charge in [0.15, 0.2) is 0 Å². The molecule has 0 aromatic heterocycles. The van der Waals surface area contributed by atoms with Crippen LogP contribution in [0.5, 0.6) is 0 Å². The molecule has 0 saturated carbocycles. The SMILES string of the molecule is [C]1=CCC=CC=CC=CCCC1. The quantitative estimate of drug-likeness (QED) is 0.506. The third kappa shape index (κ3) is 4.73. The summed E-state index contributed by atoms with van der Waals surface area (Å²) in [6.45, 7) is 0. The monoisotopic (exact) mass is 159 g/mol. The molecule has 0 saturated heterocycles. The number of rotatable bonds is 0. The lowest BCUT2D eigenvalue weighted by Gasteiger charge is -1.89. The van der Waals surface area contributed by atoms with Crippen LogP contribution in [0, 0.1) is 6.08 Å². The van der Waals surface area contributed by atoms with Crippen LogP contribution in [0.1, 0.15) is 25.7 Å². The highest BCUT2D eigenvalue weighted by atomic mass is 13.9. The Morgan fingerprint density at radius 1 is 0.917 bits per heavy atom. The zero-order chi connectivity index (χ0) is 8.49. The molecule has 0 heteroatoms. The van der Waals surface area contributed by atoms with Gasteiger partial charge in [0, 0.05) is 0 Å². The Hall–Kier alpha value is -1.04. The molecule has 1 radical (unpaired) electrons. The Kier molecular flexibility index (Phi) is 5.02. The second-order valence-electron chi connectivity index (χ2n) is 2.78. The summed E-state index contributed by atoms with van der Waals surface area (Å²) in [6, 6.07) is 0. The summed E-state index contributed by atoms with van der Waals surface area (Å²) >= 11 is 0. The molecule has 0 amide bonds. The number of hydrogen-bond acceptors (Lipinski definition) is 0. The van der Waals surface area contributed by atoms with Crippen molar-refractivity contribution in [1.82, 2.24) is 0 Å². The molecule has 0 bridgehead atoms. The molecule has 1 aliphatic rings. The van der Waals surface area contributed by atoms with Crippen LogP contribution in [0.25, 0.3) is 0 Å². The van der Waals surface area contributed by atoms with Gasteiger partial charge in [-0.1, -0.05) is 42.5 Å². The summed E-state index contributed by atoms with van der Waals surface area (Å²) in [6.07, 6.45) is 22.5. The molecule has 0 N–H and O–H groups in total. The molecule has 0 nitrogen and oxygen atoms in total. The molecule has 0 fully saturated rings. The van der Waals surface area contributed by atoms with Crippen molar-refractivity contribution >= 4 is 0 Å². The van der Waals surface area contributed by atoms with Gasteiger partial charge >= 0.3 is 0 Å². The van der Waals surface area contributed by atoms with E-state index in [1.54, 1.807) is 0 Å².